The summed E-state index contributed by atoms with van der Waals surface area (Å²) in [6.07, 6.45) is 4.47. The third kappa shape index (κ3) is 1.94. The first-order valence-corrected chi connectivity index (χ1v) is 6.36. The number of benzene rings is 1. The molecular formula is C15H20ClNO. The highest BCUT2D eigenvalue weighted by molar-refractivity contribution is 5.85. The molecule has 1 aliphatic carbocycles. The zero-order chi connectivity index (χ0) is 11.8. The van der Waals surface area contributed by atoms with Crippen LogP contribution < -0.4 is 4.74 Å². The largest absolute Gasteiger partial charge is 0.496 e. The number of rotatable bonds is 3. The van der Waals surface area contributed by atoms with Crippen LogP contribution in [0.4, 0.5) is 0 Å². The lowest BCUT2D eigenvalue weighted by atomic mass is 9.72. The summed E-state index contributed by atoms with van der Waals surface area (Å²) in [6, 6.07) is 7.16. The third-order valence-electron chi connectivity index (χ3n) is 4.18. The minimum absolute atomic E-state index is 0. The normalized spacial score (nSPS) is 25.2. The van der Waals surface area contributed by atoms with E-state index in [9.17, 15) is 0 Å². The minimum atomic E-state index is 0. The highest BCUT2D eigenvalue weighted by Crippen LogP contribution is 2.45. The van der Waals surface area contributed by atoms with Gasteiger partial charge in [0.1, 0.15) is 5.75 Å². The van der Waals surface area contributed by atoms with Crippen LogP contribution in [-0.2, 0) is 6.42 Å². The van der Waals surface area contributed by atoms with Crippen LogP contribution in [0, 0.1) is 0 Å². The van der Waals surface area contributed by atoms with Gasteiger partial charge in [-0.05, 0) is 24.5 Å². The number of hydrogen-bond donors (Lipinski definition) is 0. The van der Waals surface area contributed by atoms with Gasteiger partial charge in [-0.3, -0.25) is 4.90 Å². The molecule has 0 amide bonds. The number of nitrogens with zero attached hydrogens (tertiary/aromatic N) is 1. The fourth-order valence-corrected chi connectivity index (χ4v) is 3.38. The summed E-state index contributed by atoms with van der Waals surface area (Å²) < 4.78 is 5.52. The molecular weight excluding hydrogens is 246 g/mol. The molecule has 0 aromatic heterocycles. The fourth-order valence-electron chi connectivity index (χ4n) is 3.38. The van der Waals surface area contributed by atoms with Crippen molar-refractivity contribution in [2.75, 3.05) is 20.2 Å². The molecule has 1 fully saturated rings. The Morgan fingerprint density at radius 3 is 3.06 bits per heavy atom. The summed E-state index contributed by atoms with van der Waals surface area (Å²) >= 11 is 0. The maximum atomic E-state index is 5.52. The molecule has 0 N–H and O–H groups in total. The van der Waals surface area contributed by atoms with Crippen molar-refractivity contribution >= 4 is 12.4 Å². The Kier molecular flexibility index (Phi) is 3.98. The van der Waals surface area contributed by atoms with Crippen molar-refractivity contribution in [2.45, 2.75) is 24.8 Å². The maximum absolute atomic E-state index is 5.52. The van der Waals surface area contributed by atoms with Crippen LogP contribution in [0.15, 0.2) is 30.9 Å². The monoisotopic (exact) mass is 265 g/mol. The van der Waals surface area contributed by atoms with E-state index in [1.165, 1.54) is 24.0 Å². The number of ether oxygens (including phenoxy) is 1. The van der Waals surface area contributed by atoms with E-state index in [4.69, 9.17) is 4.74 Å². The average molecular weight is 266 g/mol. The molecule has 2 nitrogen and oxygen atoms in total. The van der Waals surface area contributed by atoms with E-state index in [1.54, 1.807) is 7.11 Å². The van der Waals surface area contributed by atoms with Gasteiger partial charge in [-0.15, -0.1) is 19.0 Å². The van der Waals surface area contributed by atoms with E-state index >= 15 is 0 Å². The van der Waals surface area contributed by atoms with Crippen LogP contribution in [-0.4, -0.2) is 31.1 Å². The van der Waals surface area contributed by atoms with Gasteiger partial charge >= 0.3 is 0 Å². The molecule has 0 spiro atoms. The Morgan fingerprint density at radius 1 is 1.50 bits per heavy atom. The van der Waals surface area contributed by atoms with Gasteiger partial charge in [0.05, 0.1) is 7.11 Å². The van der Waals surface area contributed by atoms with Gasteiger partial charge in [0.15, 0.2) is 0 Å². The van der Waals surface area contributed by atoms with Crippen LogP contribution in [0.3, 0.4) is 0 Å². The summed E-state index contributed by atoms with van der Waals surface area (Å²) in [7, 11) is 1.78. The Morgan fingerprint density at radius 2 is 2.33 bits per heavy atom. The molecule has 2 atom stereocenters. The third-order valence-corrected chi connectivity index (χ3v) is 4.18. The van der Waals surface area contributed by atoms with Crippen LogP contribution in [0.5, 0.6) is 5.75 Å². The molecule has 0 bridgehead atoms. The quantitative estimate of drug-likeness (QED) is 0.779. The van der Waals surface area contributed by atoms with Gasteiger partial charge in [0.25, 0.3) is 0 Å². The number of methoxy groups -OCH3 is 1. The molecule has 18 heavy (non-hydrogen) atoms. The number of likely N-dealkylation sites (tertiary alicyclic amines) is 1. The van der Waals surface area contributed by atoms with Gasteiger partial charge in [-0.2, -0.15) is 0 Å². The number of fused-ring (bicyclic) bond motifs is 3. The Labute approximate surface area is 115 Å². The Balaban J connectivity index is 0.00000120. The van der Waals surface area contributed by atoms with Gasteiger partial charge in [-0.25, -0.2) is 0 Å². The van der Waals surface area contributed by atoms with Crippen molar-refractivity contribution in [3.63, 3.8) is 0 Å². The predicted molar refractivity (Wildman–Crippen MR) is 76.9 cm³/mol. The van der Waals surface area contributed by atoms with Crippen LogP contribution in [0.2, 0.25) is 0 Å². The molecule has 1 aromatic carbocycles. The summed E-state index contributed by atoms with van der Waals surface area (Å²) in [6.45, 7) is 6.01. The van der Waals surface area contributed by atoms with E-state index < -0.39 is 0 Å². The van der Waals surface area contributed by atoms with Crippen molar-refractivity contribution in [1.82, 2.24) is 4.90 Å². The van der Waals surface area contributed by atoms with Gasteiger partial charge < -0.3 is 4.74 Å². The SMILES string of the molecule is C=CCN1CC2c3c(cccc3OC)CCC21.Cl. The number of hydrogen-bond acceptors (Lipinski definition) is 2. The molecule has 3 rings (SSSR count). The first-order valence-electron chi connectivity index (χ1n) is 6.36. The van der Waals surface area contributed by atoms with E-state index in [0.29, 0.717) is 12.0 Å². The highest BCUT2D eigenvalue weighted by Gasteiger charge is 2.43. The molecule has 1 aliphatic heterocycles. The summed E-state index contributed by atoms with van der Waals surface area (Å²) in [5.74, 6) is 1.75. The van der Waals surface area contributed by atoms with Crippen molar-refractivity contribution in [2.24, 2.45) is 0 Å². The summed E-state index contributed by atoms with van der Waals surface area (Å²) in [5.41, 5.74) is 2.95. The molecule has 2 unspecified atom stereocenters. The second kappa shape index (κ2) is 5.33. The standard InChI is InChI=1S/C15H19NO.ClH/c1-3-9-16-10-12-13(16)8-7-11-5-4-6-14(17-2)15(11)12;/h3-6,12-13H,1,7-10H2,2H3;1H. The molecule has 98 valence electrons. The van der Waals surface area contributed by atoms with Crippen LogP contribution >= 0.6 is 12.4 Å². The number of halogens is 1. The smallest absolute Gasteiger partial charge is 0.122 e. The first kappa shape index (κ1) is 13.4. The molecule has 3 heteroatoms. The maximum Gasteiger partial charge on any atom is 0.122 e. The zero-order valence-electron chi connectivity index (χ0n) is 10.8. The lowest BCUT2D eigenvalue weighted by Gasteiger charge is -2.51. The van der Waals surface area contributed by atoms with Crippen molar-refractivity contribution in [3.8, 4) is 5.75 Å². The van der Waals surface area contributed by atoms with Crippen molar-refractivity contribution in [3.05, 3.63) is 42.0 Å². The summed E-state index contributed by atoms with van der Waals surface area (Å²) in [5, 5.41) is 0. The molecule has 1 aromatic rings. The molecule has 2 aliphatic rings. The van der Waals surface area contributed by atoms with Gasteiger partial charge in [0, 0.05) is 30.6 Å². The molecule has 0 saturated carbocycles. The molecule has 0 radical (unpaired) electrons. The lowest BCUT2D eigenvalue weighted by molar-refractivity contribution is 0.0577. The Bertz CT molecular complexity index is 432. The Hall–Kier alpha value is -0.990. The predicted octanol–water partition coefficient (Wildman–Crippen LogP) is 3.02. The second-order valence-corrected chi connectivity index (χ2v) is 4.99. The topological polar surface area (TPSA) is 12.5 Å². The second-order valence-electron chi connectivity index (χ2n) is 4.99. The van der Waals surface area contributed by atoms with Crippen LogP contribution in [0.1, 0.15) is 23.5 Å². The number of aryl methyl sites for hydroxylation is 1. The van der Waals surface area contributed by atoms with Crippen molar-refractivity contribution in [1.29, 1.82) is 0 Å². The van der Waals surface area contributed by atoms with E-state index in [1.807, 2.05) is 6.08 Å². The highest BCUT2D eigenvalue weighted by atomic mass is 35.5. The summed E-state index contributed by atoms with van der Waals surface area (Å²) in [4.78, 5) is 2.52. The first-order chi connectivity index (χ1) is 8.35. The molecule has 1 heterocycles. The van der Waals surface area contributed by atoms with Crippen molar-refractivity contribution < 1.29 is 4.74 Å². The fraction of sp³-hybridized carbons (Fsp3) is 0.467. The van der Waals surface area contributed by atoms with E-state index in [0.717, 1.165) is 18.8 Å². The lowest BCUT2D eigenvalue weighted by Crippen LogP contribution is -2.56. The van der Waals surface area contributed by atoms with Gasteiger partial charge in [-0.1, -0.05) is 18.2 Å². The molecule has 1 saturated heterocycles. The van der Waals surface area contributed by atoms with E-state index in [-0.39, 0.29) is 12.4 Å². The zero-order valence-corrected chi connectivity index (χ0v) is 11.6. The minimum Gasteiger partial charge on any atom is -0.496 e. The van der Waals surface area contributed by atoms with E-state index in [2.05, 4.69) is 29.7 Å². The van der Waals surface area contributed by atoms with Gasteiger partial charge in [0.2, 0.25) is 0 Å². The van der Waals surface area contributed by atoms with Crippen LogP contribution in [0.25, 0.3) is 0 Å². The average Bonchev–Trinajstić information content (AvgIpc) is 2.34.